The molecule has 0 spiro atoms. The van der Waals surface area contributed by atoms with Crippen LogP contribution >= 0.6 is 11.3 Å². The molecule has 5 nitrogen and oxygen atoms in total. The van der Waals surface area contributed by atoms with Crippen molar-refractivity contribution in [3.05, 3.63) is 52.0 Å². The van der Waals surface area contributed by atoms with E-state index in [4.69, 9.17) is 4.99 Å². The second-order valence-corrected chi connectivity index (χ2v) is 7.60. The van der Waals surface area contributed by atoms with E-state index in [2.05, 4.69) is 64.3 Å². The molecule has 0 amide bonds. The van der Waals surface area contributed by atoms with Crippen molar-refractivity contribution in [1.29, 1.82) is 0 Å². The van der Waals surface area contributed by atoms with Gasteiger partial charge < -0.3 is 10.2 Å². The molecule has 1 fully saturated rings. The van der Waals surface area contributed by atoms with Gasteiger partial charge in [-0.05, 0) is 19.4 Å². The summed E-state index contributed by atoms with van der Waals surface area (Å²) in [4.78, 5) is 15.3. The fourth-order valence-corrected chi connectivity index (χ4v) is 3.71. The summed E-state index contributed by atoms with van der Waals surface area (Å²) in [6.07, 6.45) is 1.92. The number of rotatable bonds is 5. The lowest BCUT2D eigenvalue weighted by Crippen LogP contribution is -2.52. The Hall–Kier alpha value is -1.92. The molecular formula is C19H27N5S. The predicted molar refractivity (Wildman–Crippen MR) is 105 cm³/mol. The van der Waals surface area contributed by atoms with Gasteiger partial charge in [0.15, 0.2) is 5.96 Å². The molecule has 3 rings (SSSR count). The van der Waals surface area contributed by atoms with Crippen LogP contribution in [0.2, 0.25) is 0 Å². The molecule has 0 radical (unpaired) electrons. The number of nitrogens with zero attached hydrogens (tertiary/aromatic N) is 4. The van der Waals surface area contributed by atoms with E-state index in [9.17, 15) is 0 Å². The lowest BCUT2D eigenvalue weighted by molar-refractivity contribution is 0.172. The number of hydrogen-bond donors (Lipinski definition) is 1. The zero-order valence-electron chi connectivity index (χ0n) is 15.1. The average Bonchev–Trinajstić information content (AvgIpc) is 3.06. The number of aryl methyl sites for hydroxylation is 1. The molecule has 1 aliphatic heterocycles. The van der Waals surface area contributed by atoms with Crippen LogP contribution in [-0.2, 0) is 13.1 Å². The molecule has 1 aromatic heterocycles. The third-order valence-electron chi connectivity index (χ3n) is 4.29. The minimum atomic E-state index is 0.658. The van der Waals surface area contributed by atoms with E-state index in [-0.39, 0.29) is 0 Å². The zero-order chi connectivity index (χ0) is 17.5. The average molecular weight is 358 g/mol. The highest BCUT2D eigenvalue weighted by atomic mass is 32.1. The summed E-state index contributed by atoms with van der Waals surface area (Å²) in [6, 6.07) is 10.7. The Kier molecular flexibility index (Phi) is 6.42. The van der Waals surface area contributed by atoms with Crippen LogP contribution in [0, 0.1) is 6.92 Å². The number of guanidine groups is 1. The Bertz CT molecular complexity index is 674. The summed E-state index contributed by atoms with van der Waals surface area (Å²) in [5.74, 6) is 1.01. The van der Waals surface area contributed by atoms with Gasteiger partial charge in [0.05, 0.1) is 6.54 Å². The van der Waals surface area contributed by atoms with Gasteiger partial charge in [-0.2, -0.15) is 0 Å². The summed E-state index contributed by atoms with van der Waals surface area (Å²) < 4.78 is 0. The van der Waals surface area contributed by atoms with Crippen LogP contribution in [0.15, 0.2) is 41.5 Å². The van der Waals surface area contributed by atoms with E-state index in [0.29, 0.717) is 6.54 Å². The topological polar surface area (TPSA) is 43.8 Å². The molecule has 0 atom stereocenters. The highest BCUT2D eigenvalue weighted by Gasteiger charge is 2.19. The molecule has 1 N–H and O–H groups in total. The van der Waals surface area contributed by atoms with Gasteiger partial charge in [0.1, 0.15) is 5.01 Å². The molecule has 1 aromatic carbocycles. The number of thiazole rings is 1. The number of hydrogen-bond acceptors (Lipinski definition) is 4. The van der Waals surface area contributed by atoms with Crippen molar-refractivity contribution in [2.45, 2.75) is 26.9 Å². The van der Waals surface area contributed by atoms with E-state index in [1.165, 1.54) is 10.4 Å². The number of aliphatic imine (C=N–C) groups is 1. The van der Waals surface area contributed by atoms with E-state index < -0.39 is 0 Å². The summed E-state index contributed by atoms with van der Waals surface area (Å²) in [5.41, 5.74) is 1.38. The predicted octanol–water partition coefficient (Wildman–Crippen LogP) is 2.73. The minimum absolute atomic E-state index is 0.658. The minimum Gasteiger partial charge on any atom is -0.357 e. The van der Waals surface area contributed by atoms with Crippen molar-refractivity contribution < 1.29 is 0 Å². The third-order valence-corrected chi connectivity index (χ3v) is 5.19. The van der Waals surface area contributed by atoms with Crippen molar-refractivity contribution >= 4 is 17.3 Å². The standard InChI is InChI=1S/C19H27N5S/c1-3-20-19(22-14-18-21-13-16(2)25-18)24-11-9-23(10-12-24)15-17-7-5-4-6-8-17/h4-8,13H,3,9-12,14-15H2,1-2H3,(H,20,22). The molecule has 134 valence electrons. The van der Waals surface area contributed by atoms with Crippen molar-refractivity contribution in [3.63, 3.8) is 0 Å². The van der Waals surface area contributed by atoms with E-state index in [0.717, 1.165) is 50.2 Å². The van der Waals surface area contributed by atoms with Crippen LogP contribution in [0.1, 0.15) is 22.4 Å². The SMILES string of the molecule is CCNC(=NCc1ncc(C)s1)N1CCN(Cc2ccccc2)CC1. The lowest BCUT2D eigenvalue weighted by Gasteiger charge is -2.36. The fourth-order valence-electron chi connectivity index (χ4n) is 3.00. The quantitative estimate of drug-likeness (QED) is 0.660. The molecule has 1 saturated heterocycles. The molecule has 25 heavy (non-hydrogen) atoms. The summed E-state index contributed by atoms with van der Waals surface area (Å²) in [7, 11) is 0. The normalized spacial score (nSPS) is 16.2. The zero-order valence-corrected chi connectivity index (χ0v) is 15.9. The maximum Gasteiger partial charge on any atom is 0.194 e. The van der Waals surface area contributed by atoms with E-state index >= 15 is 0 Å². The van der Waals surface area contributed by atoms with Gasteiger partial charge in [-0.1, -0.05) is 30.3 Å². The first kappa shape index (κ1) is 17.9. The highest BCUT2D eigenvalue weighted by Crippen LogP contribution is 2.13. The van der Waals surface area contributed by atoms with Crippen LogP contribution in [0.25, 0.3) is 0 Å². The van der Waals surface area contributed by atoms with Crippen LogP contribution in [0.5, 0.6) is 0 Å². The van der Waals surface area contributed by atoms with Gasteiger partial charge in [0.2, 0.25) is 0 Å². The summed E-state index contributed by atoms with van der Waals surface area (Å²) >= 11 is 1.72. The van der Waals surface area contributed by atoms with Gasteiger partial charge in [-0.15, -0.1) is 11.3 Å². The van der Waals surface area contributed by atoms with E-state index in [1.54, 1.807) is 11.3 Å². The van der Waals surface area contributed by atoms with Crippen molar-refractivity contribution in [2.24, 2.45) is 4.99 Å². The van der Waals surface area contributed by atoms with Crippen molar-refractivity contribution in [2.75, 3.05) is 32.7 Å². The van der Waals surface area contributed by atoms with Gasteiger partial charge in [-0.3, -0.25) is 4.90 Å². The third kappa shape index (κ3) is 5.28. The summed E-state index contributed by atoms with van der Waals surface area (Å²) in [5, 5.41) is 4.51. The van der Waals surface area contributed by atoms with Gasteiger partial charge >= 0.3 is 0 Å². The van der Waals surface area contributed by atoms with Crippen molar-refractivity contribution in [1.82, 2.24) is 20.1 Å². The Labute approximate surface area is 154 Å². The molecule has 0 aliphatic carbocycles. The Morgan fingerprint density at radius 1 is 1.20 bits per heavy atom. The number of benzene rings is 1. The maximum absolute atomic E-state index is 4.79. The van der Waals surface area contributed by atoms with Crippen LogP contribution in [0.3, 0.4) is 0 Å². The molecule has 1 aliphatic rings. The van der Waals surface area contributed by atoms with Crippen LogP contribution in [0.4, 0.5) is 0 Å². The monoisotopic (exact) mass is 357 g/mol. The second kappa shape index (κ2) is 8.97. The Balaban J connectivity index is 1.54. The second-order valence-electron chi connectivity index (χ2n) is 6.28. The number of aromatic nitrogens is 1. The summed E-state index contributed by atoms with van der Waals surface area (Å²) in [6.45, 7) is 10.9. The molecule has 0 saturated carbocycles. The van der Waals surface area contributed by atoms with Crippen LogP contribution in [-0.4, -0.2) is 53.5 Å². The number of nitrogens with one attached hydrogen (secondary N) is 1. The molecule has 6 heteroatoms. The fraction of sp³-hybridized carbons (Fsp3) is 0.474. The Morgan fingerprint density at radius 2 is 1.96 bits per heavy atom. The molecule has 2 aromatic rings. The molecule has 2 heterocycles. The Morgan fingerprint density at radius 3 is 2.60 bits per heavy atom. The van der Waals surface area contributed by atoms with Crippen molar-refractivity contribution in [3.8, 4) is 0 Å². The lowest BCUT2D eigenvalue weighted by atomic mass is 10.2. The van der Waals surface area contributed by atoms with Gasteiger partial charge in [0, 0.05) is 50.3 Å². The first-order chi connectivity index (χ1) is 12.2. The number of piperazine rings is 1. The first-order valence-electron chi connectivity index (χ1n) is 8.95. The largest absolute Gasteiger partial charge is 0.357 e. The maximum atomic E-state index is 4.79. The molecular weight excluding hydrogens is 330 g/mol. The first-order valence-corrected chi connectivity index (χ1v) is 9.77. The van der Waals surface area contributed by atoms with E-state index in [1.807, 2.05) is 6.20 Å². The molecule has 0 unspecified atom stereocenters. The van der Waals surface area contributed by atoms with Gasteiger partial charge in [0.25, 0.3) is 0 Å². The van der Waals surface area contributed by atoms with Gasteiger partial charge in [-0.25, -0.2) is 9.98 Å². The molecule has 0 bridgehead atoms. The van der Waals surface area contributed by atoms with Crippen LogP contribution < -0.4 is 5.32 Å². The smallest absolute Gasteiger partial charge is 0.194 e. The highest BCUT2D eigenvalue weighted by molar-refractivity contribution is 7.11.